The van der Waals surface area contributed by atoms with Crippen molar-refractivity contribution in [2.75, 3.05) is 0 Å². The zero-order valence-electron chi connectivity index (χ0n) is 12.8. The second-order valence-corrected chi connectivity index (χ2v) is 6.33. The van der Waals surface area contributed by atoms with Gasteiger partial charge in [-0.05, 0) is 36.2 Å². The standard InChI is InChI=1S/C17H12Cl2F3N2/c1-9-6-10(17(20,21)22)7-14-16(9)23-15(24(14)2)8-11-12(18)4-3-5-13(11)19/h3-4,6-7H,8H2,1-2H3. The molecule has 1 aromatic heterocycles. The maximum absolute atomic E-state index is 13.0. The van der Waals surface area contributed by atoms with E-state index in [4.69, 9.17) is 23.2 Å². The predicted molar refractivity (Wildman–Crippen MR) is 88.6 cm³/mol. The van der Waals surface area contributed by atoms with Gasteiger partial charge >= 0.3 is 6.18 Å². The third kappa shape index (κ3) is 2.98. The zero-order chi connectivity index (χ0) is 17.6. The highest BCUT2D eigenvalue weighted by atomic mass is 35.5. The van der Waals surface area contributed by atoms with Crippen LogP contribution in [0.1, 0.15) is 22.5 Å². The fraction of sp³-hybridized carbons (Fsp3) is 0.235. The highest BCUT2D eigenvalue weighted by Crippen LogP contribution is 2.34. The number of aryl methyl sites for hydroxylation is 2. The summed E-state index contributed by atoms with van der Waals surface area (Å²) in [5, 5.41) is 0.848. The van der Waals surface area contributed by atoms with Crippen molar-refractivity contribution in [3.05, 3.63) is 62.9 Å². The highest BCUT2D eigenvalue weighted by molar-refractivity contribution is 6.35. The van der Waals surface area contributed by atoms with Gasteiger partial charge in [-0.3, -0.25) is 0 Å². The van der Waals surface area contributed by atoms with E-state index in [1.807, 2.05) is 0 Å². The average Bonchev–Trinajstić information content (AvgIpc) is 2.80. The molecule has 0 atom stereocenters. The van der Waals surface area contributed by atoms with Crippen LogP contribution in [-0.4, -0.2) is 9.55 Å². The number of fused-ring (bicyclic) bond motifs is 1. The van der Waals surface area contributed by atoms with Gasteiger partial charge in [0.05, 0.1) is 21.6 Å². The molecule has 7 heteroatoms. The van der Waals surface area contributed by atoms with E-state index in [-0.39, 0.29) is 0 Å². The lowest BCUT2D eigenvalue weighted by Crippen LogP contribution is -2.06. The second-order valence-electron chi connectivity index (χ2n) is 5.54. The Labute approximate surface area is 146 Å². The van der Waals surface area contributed by atoms with E-state index in [2.05, 4.69) is 11.1 Å². The molecule has 0 aliphatic rings. The van der Waals surface area contributed by atoms with Gasteiger partial charge in [-0.1, -0.05) is 29.3 Å². The molecule has 0 bridgehead atoms. The van der Waals surface area contributed by atoms with Crippen LogP contribution < -0.4 is 0 Å². The molecular weight excluding hydrogens is 360 g/mol. The number of hydrogen-bond acceptors (Lipinski definition) is 1. The Kier molecular flexibility index (Phi) is 4.26. The van der Waals surface area contributed by atoms with Crippen LogP contribution in [0.4, 0.5) is 13.2 Å². The van der Waals surface area contributed by atoms with E-state index in [1.165, 1.54) is 0 Å². The number of benzene rings is 2. The van der Waals surface area contributed by atoms with Gasteiger partial charge in [-0.25, -0.2) is 4.98 Å². The van der Waals surface area contributed by atoms with Crippen LogP contribution in [0.2, 0.25) is 10.0 Å². The molecule has 0 saturated heterocycles. The van der Waals surface area contributed by atoms with Crippen molar-refractivity contribution in [2.24, 2.45) is 7.05 Å². The maximum atomic E-state index is 13.0. The lowest BCUT2D eigenvalue weighted by Gasteiger charge is -2.09. The summed E-state index contributed by atoms with van der Waals surface area (Å²) in [6, 6.07) is 8.35. The van der Waals surface area contributed by atoms with Gasteiger partial charge < -0.3 is 4.57 Å². The fourth-order valence-corrected chi connectivity index (χ4v) is 3.13. The third-order valence-corrected chi connectivity index (χ3v) is 4.62. The van der Waals surface area contributed by atoms with E-state index in [1.54, 1.807) is 30.7 Å². The minimum Gasteiger partial charge on any atom is -0.331 e. The minimum absolute atomic E-state index is 0.307. The summed E-state index contributed by atoms with van der Waals surface area (Å²) in [6.45, 7) is 1.62. The van der Waals surface area contributed by atoms with Crippen molar-refractivity contribution in [2.45, 2.75) is 19.5 Å². The largest absolute Gasteiger partial charge is 0.416 e. The summed E-state index contributed by atoms with van der Waals surface area (Å²) in [5.41, 5.74) is 1.38. The monoisotopic (exact) mass is 371 g/mol. The Morgan fingerprint density at radius 3 is 2.58 bits per heavy atom. The summed E-state index contributed by atoms with van der Waals surface area (Å²) in [7, 11) is 1.68. The van der Waals surface area contributed by atoms with Crippen molar-refractivity contribution in [3.8, 4) is 0 Å². The number of hydrogen-bond donors (Lipinski definition) is 0. The zero-order valence-corrected chi connectivity index (χ0v) is 14.3. The normalized spacial score (nSPS) is 12.1. The summed E-state index contributed by atoms with van der Waals surface area (Å²) >= 11 is 12.3. The summed E-state index contributed by atoms with van der Waals surface area (Å²) < 4.78 is 40.7. The predicted octanol–water partition coefficient (Wildman–Crippen LogP) is 5.60. The van der Waals surface area contributed by atoms with Crippen LogP contribution in [0, 0.1) is 13.0 Å². The third-order valence-electron chi connectivity index (χ3n) is 3.92. The Hall–Kier alpha value is -1.72. The van der Waals surface area contributed by atoms with E-state index in [0.717, 1.165) is 12.1 Å². The SMILES string of the molecule is Cc1cc(C(F)(F)F)cc2c1nc(Cc1c(Cl)[c]ccc1Cl)n2C. The van der Waals surface area contributed by atoms with Crippen molar-refractivity contribution >= 4 is 34.2 Å². The molecule has 2 aromatic carbocycles. The highest BCUT2D eigenvalue weighted by Gasteiger charge is 2.31. The van der Waals surface area contributed by atoms with Crippen molar-refractivity contribution in [3.63, 3.8) is 0 Å². The molecule has 0 fully saturated rings. The average molecular weight is 372 g/mol. The van der Waals surface area contributed by atoms with Crippen LogP contribution in [0.15, 0.2) is 24.3 Å². The molecule has 1 heterocycles. The van der Waals surface area contributed by atoms with E-state index in [0.29, 0.717) is 44.5 Å². The molecule has 2 nitrogen and oxygen atoms in total. The quantitative estimate of drug-likeness (QED) is 0.573. The molecule has 1 radical (unpaired) electrons. The van der Waals surface area contributed by atoms with Crippen LogP contribution in [-0.2, 0) is 19.6 Å². The first-order valence-corrected chi connectivity index (χ1v) is 7.81. The van der Waals surface area contributed by atoms with E-state index in [9.17, 15) is 13.2 Å². The smallest absolute Gasteiger partial charge is 0.331 e. The first kappa shape index (κ1) is 17.1. The molecule has 24 heavy (non-hydrogen) atoms. The molecular formula is C17H12Cl2F3N2. The molecule has 0 aliphatic heterocycles. The Morgan fingerprint density at radius 2 is 1.96 bits per heavy atom. The molecule has 125 valence electrons. The van der Waals surface area contributed by atoms with Crippen molar-refractivity contribution in [1.29, 1.82) is 0 Å². The van der Waals surface area contributed by atoms with Crippen LogP contribution in [0.5, 0.6) is 0 Å². The molecule has 0 aliphatic carbocycles. The molecule has 3 aromatic rings. The minimum atomic E-state index is -4.40. The van der Waals surface area contributed by atoms with Crippen molar-refractivity contribution < 1.29 is 13.2 Å². The fourth-order valence-electron chi connectivity index (χ4n) is 2.63. The first-order chi connectivity index (χ1) is 11.2. The number of halogens is 5. The summed E-state index contributed by atoms with van der Waals surface area (Å²) in [6.07, 6.45) is -4.09. The van der Waals surface area contributed by atoms with Crippen LogP contribution in [0.25, 0.3) is 11.0 Å². The molecule has 0 unspecified atom stereocenters. The molecule has 0 amide bonds. The molecule has 0 N–H and O–H groups in total. The summed E-state index contributed by atoms with van der Waals surface area (Å²) in [4.78, 5) is 4.48. The Balaban J connectivity index is 2.14. The van der Waals surface area contributed by atoms with Gasteiger partial charge in [0.2, 0.25) is 0 Å². The van der Waals surface area contributed by atoms with Gasteiger partial charge in [0.25, 0.3) is 0 Å². The maximum Gasteiger partial charge on any atom is 0.416 e. The number of rotatable bonds is 2. The number of nitrogens with zero attached hydrogens (tertiary/aromatic N) is 2. The Bertz CT molecular complexity index is 909. The summed E-state index contributed by atoms with van der Waals surface area (Å²) in [5.74, 6) is 0.579. The lowest BCUT2D eigenvalue weighted by molar-refractivity contribution is -0.137. The topological polar surface area (TPSA) is 17.8 Å². The van der Waals surface area contributed by atoms with Gasteiger partial charge in [-0.2, -0.15) is 13.2 Å². The lowest BCUT2D eigenvalue weighted by atomic mass is 10.1. The van der Waals surface area contributed by atoms with Crippen molar-refractivity contribution in [1.82, 2.24) is 9.55 Å². The number of aromatic nitrogens is 2. The van der Waals surface area contributed by atoms with Gasteiger partial charge in [0, 0.05) is 24.6 Å². The number of alkyl halides is 3. The van der Waals surface area contributed by atoms with Gasteiger partial charge in [0.1, 0.15) is 5.82 Å². The first-order valence-electron chi connectivity index (χ1n) is 7.06. The van der Waals surface area contributed by atoms with Gasteiger partial charge in [0.15, 0.2) is 0 Å². The van der Waals surface area contributed by atoms with Crippen LogP contribution in [0.3, 0.4) is 0 Å². The van der Waals surface area contributed by atoms with E-state index < -0.39 is 11.7 Å². The van der Waals surface area contributed by atoms with Gasteiger partial charge in [-0.15, -0.1) is 0 Å². The molecule has 0 saturated carbocycles. The number of imidazole rings is 1. The van der Waals surface area contributed by atoms with Crippen LogP contribution >= 0.6 is 23.2 Å². The van der Waals surface area contributed by atoms with E-state index >= 15 is 0 Å². The molecule has 3 rings (SSSR count). The Morgan fingerprint density at radius 1 is 1.25 bits per heavy atom. The second kappa shape index (κ2) is 5.97. The molecule has 0 spiro atoms.